The average Bonchev–Trinajstić information content (AvgIpc) is 3.43. The summed E-state index contributed by atoms with van der Waals surface area (Å²) in [7, 11) is 0. The van der Waals surface area contributed by atoms with Crippen LogP contribution in [0.25, 0.3) is 33.5 Å². The molecular formula is C24H16N6O. The Morgan fingerprint density at radius 1 is 0.774 bits per heavy atom. The van der Waals surface area contributed by atoms with E-state index in [1.165, 1.54) is 0 Å². The van der Waals surface area contributed by atoms with Crippen molar-refractivity contribution in [2.24, 2.45) is 9.98 Å². The van der Waals surface area contributed by atoms with Crippen molar-refractivity contribution >= 4 is 11.0 Å². The molecule has 0 spiro atoms. The molecule has 31 heavy (non-hydrogen) atoms. The van der Waals surface area contributed by atoms with Crippen LogP contribution in [-0.4, -0.2) is 25.2 Å². The Hall–Kier alpha value is -4.36. The smallest absolute Gasteiger partial charge is 0.160 e. The molecular weight excluding hydrogens is 388 g/mol. The van der Waals surface area contributed by atoms with Gasteiger partial charge in [0.05, 0.1) is 21.7 Å². The van der Waals surface area contributed by atoms with Crippen molar-refractivity contribution < 1.29 is 5.21 Å². The zero-order valence-corrected chi connectivity index (χ0v) is 16.3. The molecule has 6 rings (SSSR count). The molecule has 0 amide bonds. The van der Waals surface area contributed by atoms with Crippen LogP contribution in [0.3, 0.4) is 0 Å². The number of H-pyrrole nitrogens is 1. The van der Waals surface area contributed by atoms with Gasteiger partial charge in [-0.15, -0.1) is 0 Å². The molecule has 0 atom stereocenters. The normalized spacial score (nSPS) is 14.7. The van der Waals surface area contributed by atoms with E-state index in [0.717, 1.165) is 54.9 Å². The van der Waals surface area contributed by atoms with E-state index in [4.69, 9.17) is 0 Å². The first-order valence-electron chi connectivity index (χ1n) is 9.79. The standard InChI is InChI=1S/C24H16N6O/c31-30-11-7-16(8-12-30)24-27-20-4-2-18(14-22(20)29-24)17-1-3-19-21(13-17)28-23(26-19)15-5-9-25-10-6-15/h1-14,31H,(H,26,28). The molecule has 0 saturated carbocycles. The SMILES string of the molecule is ON1C=CC(=C2N=c3ccc(-c4ccc5nc(-c6ccncc6)[nH]c5c4)cc3=N2)C=C1. The van der Waals surface area contributed by atoms with Crippen LogP contribution in [0.4, 0.5) is 0 Å². The number of aromatic nitrogens is 3. The maximum atomic E-state index is 9.41. The maximum Gasteiger partial charge on any atom is 0.160 e. The summed E-state index contributed by atoms with van der Waals surface area (Å²) >= 11 is 0. The molecule has 2 aliphatic rings. The highest BCUT2D eigenvalue weighted by atomic mass is 16.5. The first-order chi connectivity index (χ1) is 15.2. The van der Waals surface area contributed by atoms with Gasteiger partial charge in [-0.3, -0.25) is 10.2 Å². The largest absolute Gasteiger partial charge is 0.338 e. The summed E-state index contributed by atoms with van der Waals surface area (Å²) in [5, 5.41) is 12.1. The second kappa shape index (κ2) is 6.86. The van der Waals surface area contributed by atoms with E-state index in [0.29, 0.717) is 5.82 Å². The van der Waals surface area contributed by atoms with Crippen LogP contribution in [0, 0.1) is 0 Å². The molecule has 2 aliphatic heterocycles. The lowest BCUT2D eigenvalue weighted by atomic mass is 10.0. The number of nitrogens with zero attached hydrogens (tertiary/aromatic N) is 5. The van der Waals surface area contributed by atoms with E-state index in [-0.39, 0.29) is 0 Å². The first kappa shape index (κ1) is 17.5. The quantitative estimate of drug-likeness (QED) is 0.535. The lowest BCUT2D eigenvalue weighted by molar-refractivity contribution is 0.0105. The second-order valence-corrected chi connectivity index (χ2v) is 7.27. The van der Waals surface area contributed by atoms with Crippen molar-refractivity contribution in [3.63, 3.8) is 0 Å². The Bertz CT molecular complexity index is 1530. The van der Waals surface area contributed by atoms with Crippen LogP contribution < -0.4 is 10.7 Å². The molecule has 4 aromatic rings. The van der Waals surface area contributed by atoms with Gasteiger partial charge in [0.25, 0.3) is 0 Å². The average molecular weight is 404 g/mol. The lowest BCUT2D eigenvalue weighted by Crippen LogP contribution is -2.20. The number of hydrogen-bond acceptors (Lipinski definition) is 6. The second-order valence-electron chi connectivity index (χ2n) is 7.27. The van der Waals surface area contributed by atoms with Gasteiger partial charge in [-0.25, -0.2) is 20.0 Å². The number of pyridine rings is 1. The van der Waals surface area contributed by atoms with Crippen molar-refractivity contribution in [3.8, 4) is 22.5 Å². The van der Waals surface area contributed by atoms with Crippen molar-refractivity contribution in [3.05, 3.63) is 108 Å². The molecule has 7 nitrogen and oxygen atoms in total. The zero-order chi connectivity index (χ0) is 20.8. The topological polar surface area (TPSA) is 89.8 Å². The summed E-state index contributed by atoms with van der Waals surface area (Å²) in [5.74, 6) is 1.46. The predicted octanol–water partition coefficient (Wildman–Crippen LogP) is 3.49. The molecule has 2 N–H and O–H groups in total. The highest BCUT2D eigenvalue weighted by Gasteiger charge is 2.11. The van der Waals surface area contributed by atoms with Crippen LogP contribution in [0.1, 0.15) is 0 Å². The third-order valence-electron chi connectivity index (χ3n) is 5.27. The van der Waals surface area contributed by atoms with Gasteiger partial charge in [0, 0.05) is 35.9 Å². The third-order valence-corrected chi connectivity index (χ3v) is 5.27. The van der Waals surface area contributed by atoms with Gasteiger partial charge < -0.3 is 4.98 Å². The van der Waals surface area contributed by atoms with E-state index in [1.807, 2.05) is 30.3 Å². The molecule has 0 saturated heterocycles. The fourth-order valence-corrected chi connectivity index (χ4v) is 3.67. The zero-order valence-electron chi connectivity index (χ0n) is 16.3. The lowest BCUT2D eigenvalue weighted by Gasteiger charge is -2.09. The summed E-state index contributed by atoms with van der Waals surface area (Å²) in [6.45, 7) is 0. The molecule has 148 valence electrons. The van der Waals surface area contributed by atoms with E-state index < -0.39 is 0 Å². The number of benzene rings is 2. The molecule has 0 unspecified atom stereocenters. The molecule has 0 bridgehead atoms. The molecule has 0 radical (unpaired) electrons. The summed E-state index contributed by atoms with van der Waals surface area (Å²) in [4.78, 5) is 21.4. The number of fused-ring (bicyclic) bond motifs is 2. The van der Waals surface area contributed by atoms with Gasteiger partial charge in [0.15, 0.2) is 5.82 Å². The molecule has 2 aromatic carbocycles. The Kier molecular flexibility index (Phi) is 3.87. The van der Waals surface area contributed by atoms with Gasteiger partial charge in [0.2, 0.25) is 0 Å². The maximum absolute atomic E-state index is 9.41. The Morgan fingerprint density at radius 3 is 2.35 bits per heavy atom. The summed E-state index contributed by atoms with van der Waals surface area (Å²) in [5.41, 5.74) is 5.87. The van der Waals surface area contributed by atoms with Crippen molar-refractivity contribution in [2.45, 2.75) is 0 Å². The van der Waals surface area contributed by atoms with Crippen LogP contribution >= 0.6 is 0 Å². The van der Waals surface area contributed by atoms with Gasteiger partial charge in [-0.2, -0.15) is 0 Å². The van der Waals surface area contributed by atoms with Crippen molar-refractivity contribution in [2.75, 3.05) is 0 Å². The highest BCUT2D eigenvalue weighted by molar-refractivity contribution is 5.84. The molecule has 7 heteroatoms. The minimum Gasteiger partial charge on any atom is -0.338 e. The van der Waals surface area contributed by atoms with E-state index in [2.05, 4.69) is 43.1 Å². The van der Waals surface area contributed by atoms with Gasteiger partial charge >= 0.3 is 0 Å². The van der Waals surface area contributed by atoms with Crippen molar-refractivity contribution in [1.29, 1.82) is 0 Å². The van der Waals surface area contributed by atoms with Crippen molar-refractivity contribution in [1.82, 2.24) is 20.0 Å². The number of allylic oxidation sites excluding steroid dienone is 3. The van der Waals surface area contributed by atoms with Gasteiger partial charge in [-0.05, 0) is 59.7 Å². The third kappa shape index (κ3) is 3.13. The first-order valence-corrected chi connectivity index (χ1v) is 9.79. The fraction of sp³-hybridized carbons (Fsp3) is 0. The van der Waals surface area contributed by atoms with Crippen LogP contribution in [0.5, 0.6) is 0 Å². The summed E-state index contributed by atoms with van der Waals surface area (Å²) in [6, 6.07) is 16.1. The summed E-state index contributed by atoms with van der Waals surface area (Å²) < 4.78 is 0. The van der Waals surface area contributed by atoms with E-state index in [9.17, 15) is 5.21 Å². The molecule has 4 heterocycles. The Balaban J connectivity index is 1.39. The van der Waals surface area contributed by atoms with Crippen LogP contribution in [-0.2, 0) is 0 Å². The minimum atomic E-state index is 0.638. The number of rotatable bonds is 2. The van der Waals surface area contributed by atoms with E-state index >= 15 is 0 Å². The number of aromatic amines is 1. The number of hydroxylamine groups is 2. The van der Waals surface area contributed by atoms with Crippen LogP contribution in [0.15, 0.2) is 107 Å². The van der Waals surface area contributed by atoms with Crippen LogP contribution in [0.2, 0.25) is 0 Å². The number of nitrogens with one attached hydrogen (secondary N) is 1. The highest BCUT2D eigenvalue weighted by Crippen LogP contribution is 2.25. The number of imidazole rings is 1. The predicted molar refractivity (Wildman–Crippen MR) is 116 cm³/mol. The number of hydrogen-bond donors (Lipinski definition) is 2. The Morgan fingerprint density at radius 2 is 1.52 bits per heavy atom. The van der Waals surface area contributed by atoms with Gasteiger partial charge in [-0.1, -0.05) is 12.1 Å². The van der Waals surface area contributed by atoms with E-state index in [1.54, 1.807) is 36.9 Å². The fourth-order valence-electron chi connectivity index (χ4n) is 3.67. The van der Waals surface area contributed by atoms with Gasteiger partial charge in [0.1, 0.15) is 5.82 Å². The Labute approximate surface area is 176 Å². The summed E-state index contributed by atoms with van der Waals surface area (Å²) in [6.07, 6.45) is 10.2. The molecule has 2 aromatic heterocycles. The monoisotopic (exact) mass is 404 g/mol. The minimum absolute atomic E-state index is 0.638. The molecule has 0 fully saturated rings. The molecule has 0 aliphatic carbocycles.